The summed E-state index contributed by atoms with van der Waals surface area (Å²) in [5.41, 5.74) is 1.47. The Labute approximate surface area is 439 Å². The lowest BCUT2D eigenvalue weighted by Gasteiger charge is -2.58. The zero-order valence-corrected chi connectivity index (χ0v) is 47.6. The van der Waals surface area contributed by atoms with Crippen LogP contribution >= 0.6 is 0 Å². The number of ketones is 1. The minimum atomic E-state index is -2.44. The number of hydrogen-bond acceptors (Lipinski definition) is 17. The Kier molecular flexibility index (Phi) is 16.9. The largest absolute Gasteiger partial charge is 0.456 e. The lowest BCUT2D eigenvalue weighted by molar-refractivity contribution is -0.370. The van der Waals surface area contributed by atoms with Crippen LogP contribution in [-0.2, 0) is 75.8 Å². The maximum Gasteiger partial charge on any atom is 0.306 e. The zero-order chi connectivity index (χ0) is 54.0. The number of Topliss-reactive ketones (excluding diaryl/α,β-unsaturated/α-hetero) is 1. The zero-order valence-electron chi connectivity index (χ0n) is 46.6. The lowest BCUT2D eigenvalue weighted by atomic mass is 9.47. The highest BCUT2D eigenvalue weighted by Gasteiger charge is 2.69. The summed E-state index contributed by atoms with van der Waals surface area (Å²) < 4.78 is 70.4. The third-order valence-corrected chi connectivity index (χ3v) is 24.1. The smallest absolute Gasteiger partial charge is 0.306 e. The number of aliphatic hydroxyl groups is 1. The van der Waals surface area contributed by atoms with Gasteiger partial charge in [-0.15, -0.1) is 0 Å². The molecule has 18 heteroatoms. The molecule has 0 radical (unpaired) electrons. The van der Waals surface area contributed by atoms with Gasteiger partial charge in [-0.2, -0.15) is 0 Å². The van der Waals surface area contributed by atoms with Gasteiger partial charge in [0.15, 0.2) is 57.2 Å². The van der Waals surface area contributed by atoms with Gasteiger partial charge in [-0.1, -0.05) is 60.1 Å². The monoisotopic (exact) mass is 1060 g/mol. The number of fused-ring (bicyclic) bond motifs is 7. The van der Waals surface area contributed by atoms with Gasteiger partial charge in [0.25, 0.3) is 0 Å². The van der Waals surface area contributed by atoms with Gasteiger partial charge >= 0.3 is 23.9 Å². The molecule has 4 heterocycles. The number of aliphatic hydroxyl groups excluding tert-OH is 1. The minimum absolute atomic E-state index is 0.0561. The normalized spacial score (nSPS) is 44.0. The number of carbonyl (C=O) groups excluding carboxylic acids is 5. The Morgan fingerprint density at radius 1 is 0.770 bits per heavy atom. The van der Waals surface area contributed by atoms with E-state index in [1.54, 1.807) is 6.92 Å². The number of ether oxygens (including phenoxy) is 10. The fourth-order valence-corrected chi connectivity index (χ4v) is 15.6. The van der Waals surface area contributed by atoms with Gasteiger partial charge in [0.2, 0.25) is 0 Å². The van der Waals surface area contributed by atoms with Gasteiger partial charge in [-0.25, -0.2) is 0 Å². The second-order valence-electron chi connectivity index (χ2n) is 25.6. The number of hydrogen-bond donors (Lipinski definition) is 1. The standard InChI is InChI=1S/C56H88O17Si/c1-29-19-24-56(63-27-29)31(3)44-41(73-56)26-40-38-17-16-36-25-37(20-22-54(36,11)39(38)21-23-55(40,44)12)69-52-49(72-51-50(68-35(7)60)48(67-34(6)59)46(32(4)65-51)66-33(5)58)47(71-43(61)18-15-30(2)57)45(62)42(70-52)28-64-74(13,14)53(8,9)10/h16,29,31-32,37-42,44-52,62H,15,17-28H2,1-14H3/t29-,31+,32+,37+,38-,39+,40+,41+,42-,44+,45-,46+,47+,48-,49-,50-,51+,52-,54+,55+,56-/m1/s1. The molecule has 3 saturated carbocycles. The third kappa shape index (κ3) is 11.2. The van der Waals surface area contributed by atoms with Crippen LogP contribution in [0.4, 0.5) is 0 Å². The summed E-state index contributed by atoms with van der Waals surface area (Å²) in [7, 11) is -2.44. The fraction of sp³-hybridized carbons (Fsp3) is 0.875. The molecule has 0 aromatic rings. The Hall–Kier alpha value is -2.81. The van der Waals surface area contributed by atoms with Crippen LogP contribution in [0.15, 0.2) is 11.6 Å². The van der Waals surface area contributed by atoms with Gasteiger partial charge in [0, 0.05) is 39.5 Å². The van der Waals surface area contributed by atoms with Crippen LogP contribution < -0.4 is 0 Å². The summed E-state index contributed by atoms with van der Waals surface area (Å²) in [6, 6.07) is 0. The molecule has 0 amide bonds. The number of esters is 4. The van der Waals surface area contributed by atoms with Gasteiger partial charge in [-0.3, -0.25) is 19.2 Å². The molecule has 418 valence electrons. The van der Waals surface area contributed by atoms with Crippen molar-refractivity contribution in [1.29, 1.82) is 0 Å². The molecular weight excluding hydrogens is 973 g/mol. The molecule has 7 fully saturated rings. The Morgan fingerprint density at radius 3 is 2.07 bits per heavy atom. The van der Waals surface area contributed by atoms with E-state index in [9.17, 15) is 29.1 Å². The van der Waals surface area contributed by atoms with E-state index in [4.69, 9.17) is 51.8 Å². The van der Waals surface area contributed by atoms with Crippen LogP contribution in [-0.4, -0.2) is 136 Å². The van der Waals surface area contributed by atoms with Gasteiger partial charge in [0.05, 0.1) is 37.9 Å². The molecule has 8 rings (SSSR count). The highest BCUT2D eigenvalue weighted by molar-refractivity contribution is 6.74. The Balaban J connectivity index is 1.08. The number of rotatable bonds is 14. The second kappa shape index (κ2) is 21.8. The molecule has 0 unspecified atom stereocenters. The minimum Gasteiger partial charge on any atom is -0.456 e. The second-order valence-corrected chi connectivity index (χ2v) is 30.4. The van der Waals surface area contributed by atoms with Crippen molar-refractivity contribution in [1.82, 2.24) is 0 Å². The van der Waals surface area contributed by atoms with E-state index in [1.165, 1.54) is 26.3 Å². The molecular formula is C56H88O17Si. The van der Waals surface area contributed by atoms with Crippen molar-refractivity contribution in [2.45, 2.75) is 251 Å². The summed E-state index contributed by atoms with van der Waals surface area (Å²) >= 11 is 0. The van der Waals surface area contributed by atoms with E-state index in [0.717, 1.165) is 58.5 Å². The number of carbonyl (C=O) groups is 5. The third-order valence-electron chi connectivity index (χ3n) is 19.6. The van der Waals surface area contributed by atoms with Gasteiger partial charge in [0.1, 0.15) is 18.0 Å². The topological polar surface area (TPSA) is 207 Å². The van der Waals surface area contributed by atoms with Gasteiger partial charge in [-0.05, 0) is 124 Å². The molecule has 0 aromatic carbocycles. The number of allylic oxidation sites excluding steroid dienone is 1. The van der Waals surface area contributed by atoms with Crippen molar-refractivity contribution in [2.24, 2.45) is 46.3 Å². The summed E-state index contributed by atoms with van der Waals surface area (Å²) in [5, 5.41) is 12.1. The van der Waals surface area contributed by atoms with E-state index in [-0.39, 0.29) is 47.2 Å². The highest BCUT2D eigenvalue weighted by atomic mass is 28.4. The van der Waals surface area contributed by atoms with Crippen LogP contribution in [0.3, 0.4) is 0 Å². The van der Waals surface area contributed by atoms with Crippen LogP contribution in [0, 0.1) is 46.3 Å². The molecule has 8 aliphatic rings. The lowest BCUT2D eigenvalue weighted by Crippen LogP contribution is -2.66. The van der Waals surface area contributed by atoms with Crippen molar-refractivity contribution >= 4 is 38.0 Å². The first-order valence-electron chi connectivity index (χ1n) is 27.7. The first kappa shape index (κ1) is 57.4. The van der Waals surface area contributed by atoms with Crippen LogP contribution in [0.1, 0.15) is 154 Å². The molecule has 4 aliphatic carbocycles. The molecule has 1 spiro atoms. The molecule has 4 aliphatic heterocycles. The molecule has 17 nitrogen and oxygen atoms in total. The highest BCUT2D eigenvalue weighted by Crippen LogP contribution is 2.71. The molecule has 0 aromatic heterocycles. The molecule has 4 saturated heterocycles. The maximum absolute atomic E-state index is 13.7. The first-order valence-corrected chi connectivity index (χ1v) is 30.6. The van der Waals surface area contributed by atoms with E-state index < -0.39 is 105 Å². The van der Waals surface area contributed by atoms with Crippen LogP contribution in [0.5, 0.6) is 0 Å². The summed E-state index contributed by atoms with van der Waals surface area (Å²) in [5.74, 6) is -0.733. The summed E-state index contributed by atoms with van der Waals surface area (Å²) in [6.45, 7) is 27.3. The quantitative estimate of drug-likeness (QED) is 0.0756. The van der Waals surface area contributed by atoms with Crippen molar-refractivity contribution in [3.63, 3.8) is 0 Å². The Bertz CT molecular complexity index is 2110. The summed E-state index contributed by atoms with van der Waals surface area (Å²) in [6.07, 6.45) is -3.04. The van der Waals surface area contributed by atoms with Crippen molar-refractivity contribution < 1.29 is 80.9 Å². The van der Waals surface area contributed by atoms with Gasteiger partial charge < -0.3 is 61.7 Å². The molecule has 0 bridgehead atoms. The van der Waals surface area contributed by atoms with E-state index in [1.807, 2.05) is 0 Å². The predicted octanol–water partition coefficient (Wildman–Crippen LogP) is 8.05. The molecule has 1 N–H and O–H groups in total. The van der Waals surface area contributed by atoms with Crippen molar-refractivity contribution in [3.05, 3.63) is 11.6 Å². The Morgan fingerprint density at radius 2 is 1.43 bits per heavy atom. The first-order chi connectivity index (χ1) is 34.6. The predicted molar refractivity (Wildman–Crippen MR) is 270 cm³/mol. The summed E-state index contributed by atoms with van der Waals surface area (Å²) in [4.78, 5) is 63.6. The average molecular weight is 1060 g/mol. The van der Waals surface area contributed by atoms with E-state index in [2.05, 4.69) is 67.6 Å². The van der Waals surface area contributed by atoms with Crippen molar-refractivity contribution in [3.8, 4) is 0 Å². The van der Waals surface area contributed by atoms with Crippen molar-refractivity contribution in [2.75, 3.05) is 13.2 Å². The molecule has 21 atom stereocenters. The van der Waals surface area contributed by atoms with E-state index >= 15 is 0 Å². The SMILES string of the molecule is CC(=O)CCC(=O)O[C@H]1[C@H](O)[C@@H](CO[Si](C)(C)C(C)(C)C)O[C@@H](O[C@H]2CC[C@@]3(C)C(=CC[C@H]4[C@@H]5C[C@@H]6O[C@]7(CC[C@@H](C)CO7)[C@@H](C)[C@@H]6[C@@]5(C)CC[C@@H]43)C2)[C@@H]1O[C@@H]1O[C@@H](C)[C@H](OC(C)=O)[C@@H](OC(C)=O)[C@H]1OC(C)=O. The fourth-order valence-electron chi connectivity index (χ4n) is 14.6. The average Bonchev–Trinajstić information content (AvgIpc) is 3.75. The molecule has 74 heavy (non-hydrogen) atoms. The maximum atomic E-state index is 13.7. The van der Waals surface area contributed by atoms with Crippen LogP contribution in [0.2, 0.25) is 18.1 Å². The van der Waals surface area contributed by atoms with E-state index in [0.29, 0.717) is 48.3 Å². The van der Waals surface area contributed by atoms with Crippen LogP contribution in [0.25, 0.3) is 0 Å².